The number of halogens is 3. The Balaban J connectivity index is 1.82. The third-order valence-electron chi connectivity index (χ3n) is 7.05. The number of aryl methyl sites for hydroxylation is 1. The Hall–Kier alpha value is -4.82. The van der Waals surface area contributed by atoms with Crippen molar-refractivity contribution in [2.45, 2.75) is 26.4 Å². The summed E-state index contributed by atoms with van der Waals surface area (Å²) in [5.41, 5.74) is 8.88. The summed E-state index contributed by atoms with van der Waals surface area (Å²) in [6, 6.07) is 7.89. The molecule has 1 saturated heterocycles. The lowest BCUT2D eigenvalue weighted by atomic mass is 10.1. The molecule has 2 aromatic rings. The number of nitrogens with two attached hydrogens (primary N) is 2. The third kappa shape index (κ3) is 10.4. The number of benzene rings is 1. The summed E-state index contributed by atoms with van der Waals surface area (Å²) in [5.74, 6) is 5.92. The van der Waals surface area contributed by atoms with Crippen molar-refractivity contribution in [3.8, 4) is 0 Å². The second-order valence-corrected chi connectivity index (χ2v) is 10.2. The highest BCUT2D eigenvalue weighted by atomic mass is 19.4. The number of pyridine rings is 1. The maximum absolute atomic E-state index is 13.3. The number of carbonyl (C=O) groups is 2. The van der Waals surface area contributed by atoms with Gasteiger partial charge in [0.2, 0.25) is 0 Å². The van der Waals surface area contributed by atoms with E-state index in [1.807, 2.05) is 4.90 Å². The van der Waals surface area contributed by atoms with Gasteiger partial charge in [-0.05, 0) is 55.4 Å². The van der Waals surface area contributed by atoms with Crippen LogP contribution in [0.2, 0.25) is 0 Å². The van der Waals surface area contributed by atoms with E-state index in [1.54, 1.807) is 31.2 Å². The Kier molecular flexibility index (Phi) is 12.1. The van der Waals surface area contributed by atoms with Crippen molar-refractivity contribution in [3.63, 3.8) is 0 Å². The average Bonchev–Trinajstić information content (AvgIpc) is 3.02. The molecule has 11 nitrogen and oxygen atoms in total. The van der Waals surface area contributed by atoms with Gasteiger partial charge in [-0.2, -0.15) is 13.2 Å². The van der Waals surface area contributed by atoms with Gasteiger partial charge in [0.1, 0.15) is 5.82 Å². The fourth-order valence-electron chi connectivity index (χ4n) is 4.45. The zero-order chi connectivity index (χ0) is 33.1. The van der Waals surface area contributed by atoms with Gasteiger partial charge in [0.25, 0.3) is 5.91 Å². The van der Waals surface area contributed by atoms with Crippen LogP contribution >= 0.6 is 0 Å². The molecule has 0 radical (unpaired) electrons. The highest BCUT2D eigenvalue weighted by Gasteiger charge is 2.26. The molecule has 1 aromatic carbocycles. The molecule has 0 saturated carbocycles. The summed E-state index contributed by atoms with van der Waals surface area (Å²) in [4.78, 5) is 33.1. The van der Waals surface area contributed by atoms with Crippen molar-refractivity contribution in [3.05, 3.63) is 95.6 Å². The first-order valence-corrected chi connectivity index (χ1v) is 14.2. The van der Waals surface area contributed by atoms with Gasteiger partial charge >= 0.3 is 12.3 Å². The zero-order valence-electron chi connectivity index (χ0n) is 25.5. The first-order valence-electron chi connectivity index (χ1n) is 14.2. The van der Waals surface area contributed by atoms with E-state index < -0.39 is 24.6 Å². The Morgan fingerprint density at radius 1 is 1.16 bits per heavy atom. The molecule has 3 rings (SSSR count). The normalized spacial score (nSPS) is 15.0. The summed E-state index contributed by atoms with van der Waals surface area (Å²) in [5, 5.41) is 6.28. The second-order valence-electron chi connectivity index (χ2n) is 10.2. The quantitative estimate of drug-likeness (QED) is 0.161. The summed E-state index contributed by atoms with van der Waals surface area (Å²) in [6.07, 6.45) is 0.538. The first kappa shape index (κ1) is 34.7. The lowest BCUT2D eigenvalue weighted by Crippen LogP contribution is -2.45. The lowest BCUT2D eigenvalue weighted by molar-refractivity contribution is -0.125. The Morgan fingerprint density at radius 3 is 2.42 bits per heavy atom. The van der Waals surface area contributed by atoms with Gasteiger partial charge in [-0.1, -0.05) is 25.6 Å². The van der Waals surface area contributed by atoms with E-state index in [-0.39, 0.29) is 22.8 Å². The highest BCUT2D eigenvalue weighted by molar-refractivity contribution is 5.96. The largest absolute Gasteiger partial charge is 0.453 e. The zero-order valence-corrected chi connectivity index (χ0v) is 25.5. The summed E-state index contributed by atoms with van der Waals surface area (Å²) in [6.45, 7) is 11.6. The average molecular weight is 629 g/mol. The molecular formula is C31H39F3N8O3. The number of hydrogen-bond acceptors (Lipinski definition) is 9. The van der Waals surface area contributed by atoms with E-state index in [1.165, 1.54) is 42.7 Å². The Morgan fingerprint density at radius 2 is 1.84 bits per heavy atom. The van der Waals surface area contributed by atoms with Crippen LogP contribution in [0.15, 0.2) is 78.9 Å². The number of amides is 2. The smallest absolute Gasteiger partial charge is 0.412 e. The number of piperazine rings is 1. The van der Waals surface area contributed by atoms with Crippen molar-refractivity contribution in [1.29, 1.82) is 0 Å². The number of methoxy groups -OCH3 is 1. The molecule has 242 valence electrons. The van der Waals surface area contributed by atoms with Crippen molar-refractivity contribution >= 4 is 29.2 Å². The van der Waals surface area contributed by atoms with Crippen molar-refractivity contribution < 1.29 is 27.5 Å². The van der Waals surface area contributed by atoms with Crippen LogP contribution in [-0.4, -0.2) is 72.8 Å². The number of allylic oxidation sites excluding steroid dienone is 3. The number of hydrazine groups is 1. The number of nitrogens with one attached hydrogen (secondary N) is 2. The number of likely N-dealkylation sites (N-methyl/N-ethyl adjacent to an activating group) is 1. The lowest BCUT2D eigenvalue weighted by Gasteiger charge is -2.36. The Bertz CT molecular complexity index is 1450. The minimum absolute atomic E-state index is 0.00125. The van der Waals surface area contributed by atoms with Crippen molar-refractivity contribution in [2.75, 3.05) is 50.2 Å². The molecule has 0 spiro atoms. The third-order valence-corrected chi connectivity index (χ3v) is 7.05. The van der Waals surface area contributed by atoms with Crippen molar-refractivity contribution in [1.82, 2.24) is 20.1 Å². The number of hydrogen-bond donors (Lipinski definition) is 4. The van der Waals surface area contributed by atoms with Crippen LogP contribution in [0, 0.1) is 6.92 Å². The van der Waals surface area contributed by atoms with Crippen LogP contribution in [0.25, 0.3) is 5.70 Å². The second kappa shape index (κ2) is 15.8. The Labute approximate surface area is 260 Å². The standard InChI is InChI=1S/C31H39F3N8O3/c1-5-25(41-15-13-40(6-2)14-16-41)18-24(11-12-31(32,33)34)38-29(43)22-8-7-21(3)27(17-22)42(36)20-26(35)23-9-10-28(37-19-23)39-30(44)45-4/h5,7-11,17-20H,1,6,12-16,35-36H2,2-4H3,(H,38,43)(H,37,39,44)/b24-11+,25-18+,26-20-. The van der Waals surface area contributed by atoms with Gasteiger partial charge < -0.3 is 25.6 Å². The molecule has 6 N–H and O–H groups in total. The van der Waals surface area contributed by atoms with E-state index >= 15 is 0 Å². The van der Waals surface area contributed by atoms with Crippen LogP contribution in [-0.2, 0) is 4.74 Å². The van der Waals surface area contributed by atoms with E-state index in [4.69, 9.17) is 11.6 Å². The van der Waals surface area contributed by atoms with Gasteiger partial charge in [-0.25, -0.2) is 15.6 Å². The molecule has 45 heavy (non-hydrogen) atoms. The number of rotatable bonds is 11. The first-order chi connectivity index (χ1) is 21.3. The van der Waals surface area contributed by atoms with E-state index in [0.29, 0.717) is 35.6 Å². The van der Waals surface area contributed by atoms with Gasteiger partial charge in [0, 0.05) is 61.1 Å². The van der Waals surface area contributed by atoms with Crippen LogP contribution in [0.1, 0.15) is 34.8 Å². The molecule has 0 atom stereocenters. The minimum atomic E-state index is -4.46. The maximum Gasteiger partial charge on any atom is 0.412 e. The number of carbonyl (C=O) groups excluding carboxylic acids is 2. The topological polar surface area (TPSA) is 142 Å². The van der Waals surface area contributed by atoms with Crippen LogP contribution in [0.3, 0.4) is 0 Å². The molecule has 2 amide bonds. The molecule has 0 bridgehead atoms. The summed E-state index contributed by atoms with van der Waals surface area (Å²) < 4.78 is 44.0. The molecule has 14 heteroatoms. The molecule has 1 aromatic heterocycles. The van der Waals surface area contributed by atoms with Crippen LogP contribution < -0.4 is 27.2 Å². The number of ether oxygens (including phenoxy) is 1. The molecular weight excluding hydrogens is 589 g/mol. The molecule has 0 unspecified atom stereocenters. The molecule has 2 heterocycles. The molecule has 1 fully saturated rings. The van der Waals surface area contributed by atoms with Crippen molar-refractivity contribution in [2.24, 2.45) is 11.6 Å². The number of alkyl halides is 3. The molecule has 1 aliphatic rings. The SMILES string of the molecule is C=C/C(=C\C(=C/CC(F)(F)F)NC(=O)c1ccc(C)c(N(N)/C=C(\N)c2ccc(NC(=O)OC)nc2)c1)N1CCN(CC)CC1. The number of nitrogens with zero attached hydrogens (tertiary/aromatic N) is 4. The molecule has 1 aliphatic heterocycles. The van der Waals surface area contributed by atoms with Crippen LogP contribution in [0.4, 0.5) is 29.5 Å². The van der Waals surface area contributed by atoms with Gasteiger partial charge in [0.05, 0.1) is 24.9 Å². The van der Waals surface area contributed by atoms with Gasteiger partial charge in [-0.3, -0.25) is 15.1 Å². The predicted octanol–water partition coefficient (Wildman–Crippen LogP) is 4.48. The molecule has 0 aliphatic carbocycles. The van der Waals surface area contributed by atoms with E-state index in [2.05, 4.69) is 38.8 Å². The number of anilines is 2. The summed E-state index contributed by atoms with van der Waals surface area (Å²) >= 11 is 0. The predicted molar refractivity (Wildman–Crippen MR) is 168 cm³/mol. The highest BCUT2D eigenvalue weighted by Crippen LogP contribution is 2.24. The minimum Gasteiger partial charge on any atom is -0.453 e. The van der Waals surface area contributed by atoms with E-state index in [0.717, 1.165) is 25.7 Å². The summed E-state index contributed by atoms with van der Waals surface area (Å²) in [7, 11) is 1.23. The van der Waals surface area contributed by atoms with Gasteiger partial charge in [-0.15, -0.1) is 0 Å². The maximum atomic E-state index is 13.3. The fourth-order valence-corrected chi connectivity index (χ4v) is 4.45. The van der Waals surface area contributed by atoms with Crippen LogP contribution in [0.5, 0.6) is 0 Å². The monoisotopic (exact) mass is 628 g/mol. The van der Waals surface area contributed by atoms with Gasteiger partial charge in [0.15, 0.2) is 0 Å². The number of aromatic nitrogens is 1. The fraction of sp³-hybridized carbons (Fsp3) is 0.323. The van der Waals surface area contributed by atoms with E-state index in [9.17, 15) is 22.8 Å².